The van der Waals surface area contributed by atoms with Crippen molar-refractivity contribution in [3.63, 3.8) is 0 Å². The number of epoxide rings is 1. The maximum Gasteiger partial charge on any atom is 0.139 e. The fourth-order valence-corrected chi connectivity index (χ4v) is 1.58. The lowest BCUT2D eigenvalue weighted by atomic mass is 10.1. The zero-order valence-corrected chi connectivity index (χ0v) is 10.3. The number of nitrogens with one attached hydrogen (secondary N) is 1. The van der Waals surface area contributed by atoms with Gasteiger partial charge in [-0.3, -0.25) is 10.2 Å². The Labute approximate surface area is 97.6 Å². The Morgan fingerprint density at radius 1 is 1.44 bits per heavy atom. The van der Waals surface area contributed by atoms with Crippen LogP contribution in [0.2, 0.25) is 0 Å². The maximum absolute atomic E-state index is 5.44. The maximum atomic E-state index is 5.44. The van der Waals surface area contributed by atoms with Crippen molar-refractivity contribution in [2.24, 2.45) is 5.90 Å². The zero-order valence-electron chi connectivity index (χ0n) is 10.3. The molecule has 0 aliphatic carbocycles. The van der Waals surface area contributed by atoms with Crippen LogP contribution in [0.4, 0.5) is 0 Å². The Hall–Kier alpha value is -0.200. The van der Waals surface area contributed by atoms with Crippen LogP contribution in [0, 0.1) is 0 Å². The van der Waals surface area contributed by atoms with E-state index < -0.39 is 0 Å². The molecule has 1 aliphatic rings. The van der Waals surface area contributed by atoms with Crippen LogP contribution in [0.15, 0.2) is 0 Å². The second-order valence-corrected chi connectivity index (χ2v) is 4.13. The summed E-state index contributed by atoms with van der Waals surface area (Å²) in [6.07, 6.45) is 3.02. The minimum absolute atomic E-state index is 0.353. The molecule has 3 N–H and O–H groups in total. The Bertz CT molecular complexity index is 174. The lowest BCUT2D eigenvalue weighted by Gasteiger charge is -2.30. The summed E-state index contributed by atoms with van der Waals surface area (Å²) in [6.45, 7) is 7.30. The van der Waals surface area contributed by atoms with Crippen molar-refractivity contribution in [3.8, 4) is 0 Å². The van der Waals surface area contributed by atoms with Gasteiger partial charge >= 0.3 is 0 Å². The van der Waals surface area contributed by atoms with Crippen LogP contribution in [0.3, 0.4) is 0 Å². The van der Waals surface area contributed by atoms with E-state index >= 15 is 0 Å². The zero-order chi connectivity index (χ0) is 11.9. The standard InChI is InChI=1S/C11H24N2O3/c1-3-11(4-2,16-12)13-6-5-7-14-8-10-9-15-10/h10,13H,3-9,12H2,1-2H3. The van der Waals surface area contributed by atoms with Crippen LogP contribution in [0.5, 0.6) is 0 Å². The van der Waals surface area contributed by atoms with Crippen LogP contribution in [0.1, 0.15) is 33.1 Å². The minimum atomic E-state index is -0.375. The summed E-state index contributed by atoms with van der Waals surface area (Å²) in [7, 11) is 0. The molecule has 16 heavy (non-hydrogen) atoms. The topological polar surface area (TPSA) is 69.0 Å². The molecule has 0 bridgehead atoms. The summed E-state index contributed by atoms with van der Waals surface area (Å²) in [5.74, 6) is 5.31. The molecule has 96 valence electrons. The molecule has 1 aliphatic heterocycles. The summed E-state index contributed by atoms with van der Waals surface area (Å²) < 4.78 is 10.5. The first-order chi connectivity index (χ1) is 7.76. The first-order valence-corrected chi connectivity index (χ1v) is 6.08. The van der Waals surface area contributed by atoms with Crippen molar-refractivity contribution in [3.05, 3.63) is 0 Å². The summed E-state index contributed by atoms with van der Waals surface area (Å²) in [5, 5.41) is 3.33. The average molecular weight is 232 g/mol. The molecule has 1 unspecified atom stereocenters. The van der Waals surface area contributed by atoms with Gasteiger partial charge < -0.3 is 9.47 Å². The van der Waals surface area contributed by atoms with Gasteiger partial charge in [-0.15, -0.1) is 0 Å². The van der Waals surface area contributed by atoms with E-state index in [0.717, 1.165) is 45.6 Å². The lowest BCUT2D eigenvalue weighted by molar-refractivity contribution is -0.0800. The van der Waals surface area contributed by atoms with E-state index in [2.05, 4.69) is 19.2 Å². The van der Waals surface area contributed by atoms with Gasteiger partial charge in [-0.05, 0) is 19.3 Å². The largest absolute Gasteiger partial charge is 0.379 e. The first-order valence-electron chi connectivity index (χ1n) is 6.08. The van der Waals surface area contributed by atoms with E-state index in [1.807, 2.05) is 0 Å². The van der Waals surface area contributed by atoms with Gasteiger partial charge in [-0.1, -0.05) is 13.8 Å². The second kappa shape index (κ2) is 7.19. The second-order valence-electron chi connectivity index (χ2n) is 4.13. The van der Waals surface area contributed by atoms with Crippen molar-refractivity contribution in [2.75, 3.05) is 26.4 Å². The minimum Gasteiger partial charge on any atom is -0.379 e. The van der Waals surface area contributed by atoms with Gasteiger partial charge in [0, 0.05) is 13.2 Å². The highest BCUT2D eigenvalue weighted by molar-refractivity contribution is 4.73. The molecule has 1 fully saturated rings. The first kappa shape index (κ1) is 13.9. The molecular formula is C11H24N2O3. The molecule has 1 atom stereocenters. The van der Waals surface area contributed by atoms with Gasteiger partial charge in [-0.25, -0.2) is 5.90 Å². The average Bonchev–Trinajstić information content (AvgIpc) is 3.13. The van der Waals surface area contributed by atoms with Gasteiger partial charge in [0.2, 0.25) is 0 Å². The van der Waals surface area contributed by atoms with Crippen molar-refractivity contribution >= 4 is 0 Å². The number of hydrogen-bond acceptors (Lipinski definition) is 5. The monoisotopic (exact) mass is 232 g/mol. The smallest absolute Gasteiger partial charge is 0.139 e. The summed E-state index contributed by atoms with van der Waals surface area (Å²) >= 11 is 0. The molecule has 0 amide bonds. The molecule has 1 saturated heterocycles. The van der Waals surface area contributed by atoms with Crippen LogP contribution < -0.4 is 11.2 Å². The Morgan fingerprint density at radius 2 is 2.12 bits per heavy atom. The van der Waals surface area contributed by atoms with Crippen molar-refractivity contribution in [2.45, 2.75) is 44.9 Å². The third-order valence-corrected chi connectivity index (χ3v) is 2.99. The summed E-state index contributed by atoms with van der Waals surface area (Å²) in [6, 6.07) is 0. The van der Waals surface area contributed by atoms with Gasteiger partial charge in [0.05, 0.1) is 13.2 Å². The van der Waals surface area contributed by atoms with E-state index in [4.69, 9.17) is 20.2 Å². The Balaban J connectivity index is 1.98. The van der Waals surface area contributed by atoms with Gasteiger partial charge in [-0.2, -0.15) is 0 Å². The Morgan fingerprint density at radius 3 is 2.62 bits per heavy atom. The van der Waals surface area contributed by atoms with Crippen LogP contribution in [-0.4, -0.2) is 38.2 Å². The SMILES string of the molecule is CCC(CC)(NCCCOCC1CO1)ON. The highest BCUT2D eigenvalue weighted by Gasteiger charge is 2.25. The van der Waals surface area contributed by atoms with Gasteiger partial charge in [0.25, 0.3) is 0 Å². The molecule has 0 aromatic heterocycles. The fourth-order valence-electron chi connectivity index (χ4n) is 1.58. The number of hydrogen-bond donors (Lipinski definition) is 2. The number of nitrogens with two attached hydrogens (primary N) is 1. The quantitative estimate of drug-likeness (QED) is 0.252. The van der Waals surface area contributed by atoms with Crippen molar-refractivity contribution < 1.29 is 14.3 Å². The third-order valence-electron chi connectivity index (χ3n) is 2.99. The van der Waals surface area contributed by atoms with Gasteiger partial charge in [0.1, 0.15) is 11.8 Å². The molecule has 0 radical (unpaired) electrons. The number of rotatable bonds is 10. The molecule has 0 saturated carbocycles. The summed E-state index contributed by atoms with van der Waals surface area (Å²) in [5.41, 5.74) is -0.375. The molecule has 1 heterocycles. The Kier molecular flexibility index (Phi) is 6.23. The lowest BCUT2D eigenvalue weighted by Crippen LogP contribution is -2.49. The molecule has 0 aromatic rings. The molecule has 0 aromatic carbocycles. The summed E-state index contributed by atoms with van der Waals surface area (Å²) in [4.78, 5) is 5.02. The van der Waals surface area contributed by atoms with Crippen molar-refractivity contribution in [1.29, 1.82) is 0 Å². The number of ether oxygens (including phenoxy) is 2. The molecule has 1 rings (SSSR count). The van der Waals surface area contributed by atoms with Gasteiger partial charge in [0.15, 0.2) is 0 Å². The van der Waals surface area contributed by atoms with E-state index in [1.54, 1.807) is 0 Å². The molecule has 5 nitrogen and oxygen atoms in total. The fraction of sp³-hybridized carbons (Fsp3) is 1.00. The normalized spacial score (nSPS) is 20.1. The van der Waals surface area contributed by atoms with E-state index in [0.29, 0.717) is 6.10 Å². The van der Waals surface area contributed by atoms with Crippen LogP contribution in [0.25, 0.3) is 0 Å². The van der Waals surface area contributed by atoms with E-state index in [9.17, 15) is 0 Å². The van der Waals surface area contributed by atoms with Crippen molar-refractivity contribution in [1.82, 2.24) is 5.32 Å². The highest BCUT2D eigenvalue weighted by atomic mass is 16.6. The van der Waals surface area contributed by atoms with Crippen LogP contribution in [-0.2, 0) is 14.3 Å². The van der Waals surface area contributed by atoms with Crippen LogP contribution >= 0.6 is 0 Å². The third kappa shape index (κ3) is 4.76. The highest BCUT2D eigenvalue weighted by Crippen LogP contribution is 2.14. The predicted octanol–water partition coefficient (Wildman–Crippen LogP) is 0.788. The van der Waals surface area contributed by atoms with E-state index in [-0.39, 0.29) is 5.72 Å². The molecular weight excluding hydrogens is 208 g/mol. The van der Waals surface area contributed by atoms with E-state index in [1.165, 1.54) is 0 Å². The molecule has 0 spiro atoms. The predicted molar refractivity (Wildman–Crippen MR) is 61.8 cm³/mol. The molecule has 5 heteroatoms.